The quantitative estimate of drug-likeness (QED) is 0.758. The van der Waals surface area contributed by atoms with Gasteiger partial charge in [0.2, 0.25) is 0 Å². The number of benzene rings is 1. The van der Waals surface area contributed by atoms with Crippen LogP contribution in [-0.4, -0.2) is 40.6 Å². The van der Waals surface area contributed by atoms with Gasteiger partial charge in [0.25, 0.3) is 5.91 Å². The van der Waals surface area contributed by atoms with Gasteiger partial charge >= 0.3 is 0 Å². The van der Waals surface area contributed by atoms with Crippen molar-refractivity contribution in [3.8, 4) is 0 Å². The molecule has 1 amide bonds. The topological polar surface area (TPSA) is 66.6 Å². The highest BCUT2D eigenvalue weighted by Gasteiger charge is 2.14. The lowest BCUT2D eigenvalue weighted by Crippen LogP contribution is -2.34. The normalized spacial score (nSPS) is 10.1. The highest BCUT2D eigenvalue weighted by Crippen LogP contribution is 2.08. The third kappa shape index (κ3) is 3.78. The highest BCUT2D eigenvalue weighted by molar-refractivity contribution is 7.80. The molecule has 98 valence electrons. The number of nitrogens with two attached hydrogens (primary N) is 1. The van der Waals surface area contributed by atoms with Crippen molar-refractivity contribution in [3.63, 3.8) is 0 Å². The van der Waals surface area contributed by atoms with E-state index in [-0.39, 0.29) is 12.5 Å². The standard InChI is InChI=1S/C13H18N2O2S/c1-2-7-15(8-9-16)13(17)11-5-3-10(4-6-11)12(14)18/h3-6,16H,2,7-9H2,1H3,(H2,14,18). The Morgan fingerprint density at radius 2 is 1.83 bits per heavy atom. The first-order valence-corrected chi connectivity index (χ1v) is 6.31. The van der Waals surface area contributed by atoms with Crippen LogP contribution in [0, 0.1) is 0 Å². The molecule has 1 rings (SSSR count). The Hall–Kier alpha value is -1.46. The van der Waals surface area contributed by atoms with Crippen molar-refractivity contribution in [1.82, 2.24) is 4.90 Å². The summed E-state index contributed by atoms with van der Waals surface area (Å²) in [5, 5.41) is 8.95. The van der Waals surface area contributed by atoms with Crippen LogP contribution < -0.4 is 5.73 Å². The lowest BCUT2D eigenvalue weighted by atomic mass is 10.1. The maximum atomic E-state index is 12.2. The lowest BCUT2D eigenvalue weighted by Gasteiger charge is -2.21. The fourth-order valence-corrected chi connectivity index (χ4v) is 1.80. The minimum atomic E-state index is -0.0830. The number of hydrogen-bond acceptors (Lipinski definition) is 3. The Kier molecular flexibility index (Phi) is 5.74. The Morgan fingerprint density at radius 1 is 1.28 bits per heavy atom. The van der Waals surface area contributed by atoms with E-state index in [0.29, 0.717) is 23.6 Å². The minimum Gasteiger partial charge on any atom is -0.395 e. The van der Waals surface area contributed by atoms with Gasteiger partial charge in [0.05, 0.1) is 6.61 Å². The van der Waals surface area contributed by atoms with Gasteiger partial charge in [0, 0.05) is 24.2 Å². The molecular formula is C13H18N2O2S. The van der Waals surface area contributed by atoms with E-state index in [1.807, 2.05) is 6.92 Å². The van der Waals surface area contributed by atoms with Crippen LogP contribution in [-0.2, 0) is 0 Å². The number of aliphatic hydroxyl groups is 1. The molecule has 0 radical (unpaired) electrons. The second-order valence-corrected chi connectivity index (χ2v) is 4.40. The van der Waals surface area contributed by atoms with E-state index in [1.54, 1.807) is 29.2 Å². The first-order chi connectivity index (χ1) is 8.60. The average molecular weight is 266 g/mol. The van der Waals surface area contributed by atoms with Crippen LogP contribution in [0.2, 0.25) is 0 Å². The molecule has 4 nitrogen and oxygen atoms in total. The van der Waals surface area contributed by atoms with E-state index >= 15 is 0 Å². The summed E-state index contributed by atoms with van der Waals surface area (Å²) in [6.07, 6.45) is 0.858. The molecule has 1 aromatic rings. The van der Waals surface area contributed by atoms with Crippen LogP contribution in [0.1, 0.15) is 29.3 Å². The van der Waals surface area contributed by atoms with Crippen molar-refractivity contribution < 1.29 is 9.90 Å². The van der Waals surface area contributed by atoms with Gasteiger partial charge in [-0.1, -0.05) is 31.3 Å². The number of amides is 1. The van der Waals surface area contributed by atoms with E-state index in [1.165, 1.54) is 0 Å². The smallest absolute Gasteiger partial charge is 0.253 e. The maximum Gasteiger partial charge on any atom is 0.253 e. The number of hydrogen-bond donors (Lipinski definition) is 2. The molecule has 0 saturated heterocycles. The summed E-state index contributed by atoms with van der Waals surface area (Å²) in [5.74, 6) is -0.0830. The van der Waals surface area contributed by atoms with Crippen molar-refractivity contribution in [2.24, 2.45) is 5.73 Å². The largest absolute Gasteiger partial charge is 0.395 e. The summed E-state index contributed by atoms with van der Waals surface area (Å²) >= 11 is 4.86. The number of rotatable bonds is 6. The van der Waals surface area contributed by atoms with Gasteiger partial charge in [-0.25, -0.2) is 0 Å². The zero-order valence-corrected chi connectivity index (χ0v) is 11.2. The summed E-state index contributed by atoms with van der Waals surface area (Å²) in [7, 11) is 0. The Labute approximate surface area is 112 Å². The van der Waals surface area contributed by atoms with Gasteiger partial charge in [0.15, 0.2) is 0 Å². The van der Waals surface area contributed by atoms with Gasteiger partial charge in [-0.3, -0.25) is 4.79 Å². The Bertz CT molecular complexity index is 412. The molecule has 0 saturated carbocycles. The summed E-state index contributed by atoms with van der Waals surface area (Å²) < 4.78 is 0. The minimum absolute atomic E-state index is 0.0310. The first-order valence-electron chi connectivity index (χ1n) is 5.90. The van der Waals surface area contributed by atoms with Crippen molar-refractivity contribution in [2.45, 2.75) is 13.3 Å². The zero-order valence-electron chi connectivity index (χ0n) is 10.4. The summed E-state index contributed by atoms with van der Waals surface area (Å²) in [5.41, 5.74) is 6.82. The van der Waals surface area contributed by atoms with Crippen LogP contribution in [0.5, 0.6) is 0 Å². The molecule has 0 fully saturated rings. The van der Waals surface area contributed by atoms with E-state index in [2.05, 4.69) is 0 Å². The lowest BCUT2D eigenvalue weighted by molar-refractivity contribution is 0.0722. The predicted molar refractivity (Wildman–Crippen MR) is 75.6 cm³/mol. The molecule has 5 heteroatoms. The number of aliphatic hydroxyl groups excluding tert-OH is 1. The van der Waals surface area contributed by atoms with Gasteiger partial charge in [-0.2, -0.15) is 0 Å². The molecule has 0 bridgehead atoms. The van der Waals surface area contributed by atoms with Gasteiger partial charge in [-0.15, -0.1) is 0 Å². The molecule has 1 aromatic carbocycles. The van der Waals surface area contributed by atoms with Crippen LogP contribution in [0.3, 0.4) is 0 Å². The van der Waals surface area contributed by atoms with E-state index in [9.17, 15) is 4.79 Å². The third-order valence-corrected chi connectivity index (χ3v) is 2.80. The molecule has 0 atom stereocenters. The maximum absolute atomic E-state index is 12.2. The zero-order chi connectivity index (χ0) is 13.5. The van der Waals surface area contributed by atoms with Crippen molar-refractivity contribution in [3.05, 3.63) is 35.4 Å². The number of nitrogens with zero attached hydrogens (tertiary/aromatic N) is 1. The van der Waals surface area contributed by atoms with Gasteiger partial charge in [0.1, 0.15) is 4.99 Å². The van der Waals surface area contributed by atoms with Crippen LogP contribution in [0.4, 0.5) is 0 Å². The molecule has 0 aliphatic rings. The Balaban J connectivity index is 2.84. The summed E-state index contributed by atoms with van der Waals surface area (Å²) in [6.45, 7) is 2.95. The number of thiocarbonyl (C=S) groups is 1. The van der Waals surface area contributed by atoms with Gasteiger partial charge in [-0.05, 0) is 18.6 Å². The second kappa shape index (κ2) is 7.08. The first kappa shape index (κ1) is 14.6. The van der Waals surface area contributed by atoms with Crippen molar-refractivity contribution in [1.29, 1.82) is 0 Å². The Morgan fingerprint density at radius 3 is 2.28 bits per heavy atom. The van der Waals surface area contributed by atoms with Gasteiger partial charge < -0.3 is 15.7 Å². The molecular weight excluding hydrogens is 248 g/mol. The summed E-state index contributed by atoms with van der Waals surface area (Å²) in [4.78, 5) is 14.1. The number of carbonyl (C=O) groups is 1. The second-order valence-electron chi connectivity index (χ2n) is 3.96. The average Bonchev–Trinajstić information content (AvgIpc) is 2.38. The van der Waals surface area contributed by atoms with Crippen LogP contribution in [0.15, 0.2) is 24.3 Å². The fraction of sp³-hybridized carbons (Fsp3) is 0.385. The monoisotopic (exact) mass is 266 g/mol. The molecule has 0 aliphatic heterocycles. The van der Waals surface area contributed by atoms with Crippen molar-refractivity contribution >= 4 is 23.1 Å². The molecule has 0 heterocycles. The SMILES string of the molecule is CCCN(CCO)C(=O)c1ccc(C(N)=S)cc1. The molecule has 18 heavy (non-hydrogen) atoms. The van der Waals surface area contributed by atoms with Crippen LogP contribution in [0.25, 0.3) is 0 Å². The third-order valence-electron chi connectivity index (χ3n) is 2.57. The fourth-order valence-electron chi connectivity index (χ4n) is 1.67. The van der Waals surface area contributed by atoms with Crippen LogP contribution >= 0.6 is 12.2 Å². The molecule has 3 N–H and O–H groups in total. The molecule has 0 aromatic heterocycles. The van der Waals surface area contributed by atoms with E-state index < -0.39 is 0 Å². The molecule has 0 unspecified atom stereocenters. The molecule has 0 aliphatic carbocycles. The van der Waals surface area contributed by atoms with E-state index in [4.69, 9.17) is 23.1 Å². The highest BCUT2D eigenvalue weighted by atomic mass is 32.1. The van der Waals surface area contributed by atoms with Crippen molar-refractivity contribution in [2.75, 3.05) is 19.7 Å². The molecule has 0 spiro atoms. The summed E-state index contributed by atoms with van der Waals surface area (Å²) in [6, 6.07) is 6.88. The number of carbonyl (C=O) groups excluding carboxylic acids is 1. The predicted octanol–water partition coefficient (Wildman–Crippen LogP) is 1.17. The van der Waals surface area contributed by atoms with E-state index in [0.717, 1.165) is 12.0 Å².